The molecule has 0 amide bonds. The summed E-state index contributed by atoms with van der Waals surface area (Å²) in [6.07, 6.45) is 2.90. The lowest BCUT2D eigenvalue weighted by Gasteiger charge is -1.89. The number of nitrogens with zero attached hydrogens (tertiary/aromatic N) is 1. The number of aliphatic hydroxyl groups is 1. The number of aliphatic hydroxyl groups excluding tert-OH is 1. The Bertz CT molecular complexity index is 189. The quantitative estimate of drug-likeness (QED) is 0.747. The van der Waals surface area contributed by atoms with Crippen LogP contribution in [0.25, 0.3) is 0 Å². The minimum atomic E-state index is 0.207. The van der Waals surface area contributed by atoms with E-state index < -0.39 is 0 Å². The van der Waals surface area contributed by atoms with Gasteiger partial charge < -0.3 is 5.11 Å². The van der Waals surface area contributed by atoms with E-state index in [0.717, 1.165) is 17.8 Å². The van der Waals surface area contributed by atoms with Crippen LogP contribution < -0.4 is 0 Å². The maximum Gasteiger partial charge on any atom is 0.0951 e. The average molecular weight is 171 g/mol. The van der Waals surface area contributed by atoms with Gasteiger partial charge in [0.05, 0.1) is 10.7 Å². The van der Waals surface area contributed by atoms with Gasteiger partial charge in [-0.25, -0.2) is 4.98 Å². The molecule has 0 saturated carbocycles. The number of rotatable bonds is 4. The lowest BCUT2D eigenvalue weighted by molar-refractivity contribution is 0.299. The van der Waals surface area contributed by atoms with Gasteiger partial charge in [-0.3, -0.25) is 0 Å². The summed E-state index contributed by atoms with van der Waals surface area (Å²) in [7, 11) is 0. The highest BCUT2D eigenvalue weighted by Crippen LogP contribution is 2.11. The number of aryl methyl sites for hydroxylation is 1. The first-order chi connectivity index (χ1) is 5.36. The lowest BCUT2D eigenvalue weighted by atomic mass is 10.3. The van der Waals surface area contributed by atoms with Crippen molar-refractivity contribution in [3.63, 3.8) is 0 Å². The van der Waals surface area contributed by atoms with E-state index in [2.05, 4.69) is 17.3 Å². The Kier molecular flexibility index (Phi) is 3.52. The molecule has 62 valence electrons. The Hall–Kier alpha value is -0.410. The van der Waals surface area contributed by atoms with Crippen LogP contribution in [0.2, 0.25) is 0 Å². The van der Waals surface area contributed by atoms with Gasteiger partial charge in [-0.05, 0) is 6.42 Å². The zero-order chi connectivity index (χ0) is 8.10. The van der Waals surface area contributed by atoms with Gasteiger partial charge in [0, 0.05) is 18.4 Å². The fourth-order valence-electron chi connectivity index (χ4n) is 0.930. The van der Waals surface area contributed by atoms with E-state index in [9.17, 15) is 0 Å². The Morgan fingerprint density at radius 3 is 3.00 bits per heavy atom. The largest absolute Gasteiger partial charge is 0.396 e. The Labute approximate surface area is 70.9 Å². The number of thiazole rings is 1. The van der Waals surface area contributed by atoms with Gasteiger partial charge in [-0.2, -0.15) is 0 Å². The molecule has 2 nitrogen and oxygen atoms in total. The molecule has 1 rings (SSSR count). The van der Waals surface area contributed by atoms with Gasteiger partial charge in [0.1, 0.15) is 0 Å². The van der Waals surface area contributed by atoms with Crippen LogP contribution in [-0.4, -0.2) is 16.7 Å². The molecule has 0 saturated heterocycles. The smallest absolute Gasteiger partial charge is 0.0951 e. The predicted molar refractivity (Wildman–Crippen MR) is 46.9 cm³/mol. The molecule has 11 heavy (non-hydrogen) atoms. The first-order valence-corrected chi connectivity index (χ1v) is 4.79. The highest BCUT2D eigenvalue weighted by Gasteiger charge is 1.99. The van der Waals surface area contributed by atoms with Crippen LogP contribution >= 0.6 is 11.3 Å². The summed E-state index contributed by atoms with van der Waals surface area (Å²) in [5.41, 5.74) is 1.17. The molecule has 1 aromatic rings. The third-order valence-electron chi connectivity index (χ3n) is 1.43. The van der Waals surface area contributed by atoms with Crippen molar-refractivity contribution in [1.29, 1.82) is 0 Å². The van der Waals surface area contributed by atoms with Crippen LogP contribution in [0.5, 0.6) is 0 Å². The van der Waals surface area contributed by atoms with Crippen molar-refractivity contribution in [3.8, 4) is 0 Å². The van der Waals surface area contributed by atoms with Gasteiger partial charge >= 0.3 is 0 Å². The Morgan fingerprint density at radius 2 is 2.36 bits per heavy atom. The van der Waals surface area contributed by atoms with E-state index in [1.165, 1.54) is 5.69 Å². The molecule has 1 N–H and O–H groups in total. The highest BCUT2D eigenvalue weighted by atomic mass is 32.1. The predicted octanol–water partition coefficient (Wildman–Crippen LogP) is 1.63. The second kappa shape index (κ2) is 4.46. The maximum absolute atomic E-state index is 8.63. The summed E-state index contributed by atoms with van der Waals surface area (Å²) < 4.78 is 0. The first kappa shape index (κ1) is 8.68. The van der Waals surface area contributed by atoms with Crippen molar-refractivity contribution in [1.82, 2.24) is 4.98 Å². The molecule has 0 radical (unpaired) electrons. The SMILES string of the molecule is CCCc1csc(CCO)n1. The molecule has 1 aromatic heterocycles. The second-order valence-electron chi connectivity index (χ2n) is 2.46. The van der Waals surface area contributed by atoms with Crippen molar-refractivity contribution in [2.75, 3.05) is 6.61 Å². The van der Waals surface area contributed by atoms with E-state index in [-0.39, 0.29) is 6.61 Å². The topological polar surface area (TPSA) is 33.1 Å². The molecule has 0 bridgehead atoms. The molecule has 0 atom stereocenters. The third kappa shape index (κ3) is 2.60. The summed E-state index contributed by atoms with van der Waals surface area (Å²) in [4.78, 5) is 4.35. The van der Waals surface area contributed by atoms with E-state index in [0.29, 0.717) is 6.42 Å². The minimum Gasteiger partial charge on any atom is -0.396 e. The zero-order valence-electron chi connectivity index (χ0n) is 6.71. The van der Waals surface area contributed by atoms with Gasteiger partial charge in [0.15, 0.2) is 0 Å². The first-order valence-electron chi connectivity index (χ1n) is 3.91. The van der Waals surface area contributed by atoms with E-state index >= 15 is 0 Å². The average Bonchev–Trinajstić information content (AvgIpc) is 2.38. The molecule has 0 spiro atoms. The Morgan fingerprint density at radius 1 is 1.55 bits per heavy atom. The molecule has 0 aromatic carbocycles. The molecule has 0 aliphatic heterocycles. The molecule has 0 aliphatic rings. The lowest BCUT2D eigenvalue weighted by Crippen LogP contribution is -1.90. The van der Waals surface area contributed by atoms with E-state index in [1.54, 1.807) is 11.3 Å². The zero-order valence-corrected chi connectivity index (χ0v) is 7.52. The van der Waals surface area contributed by atoms with Crippen molar-refractivity contribution >= 4 is 11.3 Å². The molecule has 0 fully saturated rings. The number of aromatic nitrogens is 1. The van der Waals surface area contributed by atoms with Crippen LogP contribution in [0, 0.1) is 0 Å². The summed E-state index contributed by atoms with van der Waals surface area (Å²) in [5, 5.41) is 11.8. The summed E-state index contributed by atoms with van der Waals surface area (Å²) in [6.45, 7) is 2.35. The van der Waals surface area contributed by atoms with Crippen LogP contribution in [-0.2, 0) is 12.8 Å². The van der Waals surface area contributed by atoms with Crippen molar-refractivity contribution < 1.29 is 5.11 Å². The van der Waals surface area contributed by atoms with E-state index in [1.807, 2.05) is 0 Å². The third-order valence-corrected chi connectivity index (χ3v) is 2.39. The normalized spacial score (nSPS) is 10.4. The highest BCUT2D eigenvalue weighted by molar-refractivity contribution is 7.09. The van der Waals surface area contributed by atoms with Crippen LogP contribution in [0.15, 0.2) is 5.38 Å². The fourth-order valence-corrected chi connectivity index (χ4v) is 1.75. The molecular formula is C8H13NOS. The molecule has 0 aliphatic carbocycles. The van der Waals surface area contributed by atoms with Gasteiger partial charge in [0.25, 0.3) is 0 Å². The van der Waals surface area contributed by atoms with Gasteiger partial charge in [0.2, 0.25) is 0 Å². The maximum atomic E-state index is 8.63. The molecular weight excluding hydrogens is 158 g/mol. The Balaban J connectivity index is 2.51. The van der Waals surface area contributed by atoms with Gasteiger partial charge in [-0.1, -0.05) is 13.3 Å². The molecule has 0 unspecified atom stereocenters. The van der Waals surface area contributed by atoms with Gasteiger partial charge in [-0.15, -0.1) is 11.3 Å². The summed E-state index contributed by atoms with van der Waals surface area (Å²) in [6, 6.07) is 0. The molecule has 1 heterocycles. The van der Waals surface area contributed by atoms with Crippen LogP contribution in [0.4, 0.5) is 0 Å². The van der Waals surface area contributed by atoms with Crippen molar-refractivity contribution in [3.05, 3.63) is 16.1 Å². The fraction of sp³-hybridized carbons (Fsp3) is 0.625. The van der Waals surface area contributed by atoms with Crippen molar-refractivity contribution in [2.45, 2.75) is 26.2 Å². The second-order valence-corrected chi connectivity index (χ2v) is 3.40. The minimum absolute atomic E-state index is 0.207. The number of hydrogen-bond donors (Lipinski definition) is 1. The molecule has 3 heteroatoms. The van der Waals surface area contributed by atoms with E-state index in [4.69, 9.17) is 5.11 Å². The summed E-state index contributed by atoms with van der Waals surface area (Å²) >= 11 is 1.64. The van der Waals surface area contributed by atoms with Crippen LogP contribution in [0.3, 0.4) is 0 Å². The standard InChI is InChI=1S/C8H13NOS/c1-2-3-7-6-11-8(9-7)4-5-10/h6,10H,2-5H2,1H3. The van der Waals surface area contributed by atoms with Crippen LogP contribution in [0.1, 0.15) is 24.0 Å². The summed E-state index contributed by atoms with van der Waals surface area (Å²) in [5.74, 6) is 0. The number of hydrogen-bond acceptors (Lipinski definition) is 3. The van der Waals surface area contributed by atoms with Crippen molar-refractivity contribution in [2.24, 2.45) is 0 Å². The monoisotopic (exact) mass is 171 g/mol.